The lowest BCUT2D eigenvalue weighted by molar-refractivity contribution is -0.00664. The van der Waals surface area contributed by atoms with E-state index in [1.807, 2.05) is 66.7 Å². The highest BCUT2D eigenvalue weighted by atomic mass is 16.5. The zero-order chi connectivity index (χ0) is 29.6. The van der Waals surface area contributed by atoms with Crippen LogP contribution in [0.25, 0.3) is 11.1 Å². The topological polar surface area (TPSA) is 47.6 Å². The number of carbonyl (C=O) groups excluding carboxylic acids is 1. The van der Waals surface area contributed by atoms with Crippen LogP contribution in [-0.4, -0.2) is 25.3 Å². The van der Waals surface area contributed by atoms with Crippen molar-refractivity contribution in [3.63, 3.8) is 0 Å². The van der Waals surface area contributed by atoms with Gasteiger partial charge in [-0.2, -0.15) is 0 Å². The summed E-state index contributed by atoms with van der Waals surface area (Å²) in [6.45, 7) is 4.74. The quantitative estimate of drug-likeness (QED) is 0.172. The van der Waals surface area contributed by atoms with E-state index in [-0.39, 0.29) is 24.5 Å². The van der Waals surface area contributed by atoms with Gasteiger partial charge in [-0.1, -0.05) is 153 Å². The van der Waals surface area contributed by atoms with E-state index >= 15 is 0 Å². The number of nitrogens with one attached hydrogen (secondary N) is 1. The fraction of sp³-hybridized carbons (Fsp3) is 0.205. The van der Waals surface area contributed by atoms with Crippen LogP contribution in [0, 0.1) is 5.92 Å². The molecule has 1 atom stereocenters. The van der Waals surface area contributed by atoms with Crippen molar-refractivity contribution in [2.45, 2.75) is 31.4 Å². The normalized spacial score (nSPS) is 13.3. The van der Waals surface area contributed by atoms with Gasteiger partial charge in [-0.15, -0.1) is 0 Å². The Morgan fingerprint density at radius 3 is 1.51 bits per heavy atom. The Balaban J connectivity index is 1.23. The molecule has 43 heavy (non-hydrogen) atoms. The molecule has 0 aliphatic heterocycles. The maximum absolute atomic E-state index is 13.3. The van der Waals surface area contributed by atoms with Gasteiger partial charge in [0.25, 0.3) is 0 Å². The minimum atomic E-state index is -0.861. The smallest absolute Gasteiger partial charge is 0.407 e. The maximum atomic E-state index is 13.3. The summed E-state index contributed by atoms with van der Waals surface area (Å²) >= 11 is 0. The lowest BCUT2D eigenvalue weighted by atomic mass is 9.80. The van der Waals surface area contributed by atoms with Gasteiger partial charge in [-0.25, -0.2) is 4.79 Å². The van der Waals surface area contributed by atoms with Crippen LogP contribution in [0.4, 0.5) is 4.79 Å². The van der Waals surface area contributed by atoms with Crippen molar-refractivity contribution in [1.29, 1.82) is 0 Å². The van der Waals surface area contributed by atoms with Gasteiger partial charge in [-0.3, -0.25) is 0 Å². The first-order valence-electron chi connectivity index (χ1n) is 15.0. The number of fused-ring (bicyclic) bond motifs is 3. The van der Waals surface area contributed by atoms with Crippen molar-refractivity contribution in [2.24, 2.45) is 5.92 Å². The zero-order valence-electron chi connectivity index (χ0n) is 24.7. The van der Waals surface area contributed by atoms with Gasteiger partial charge in [0.15, 0.2) is 0 Å². The number of benzene rings is 5. The van der Waals surface area contributed by atoms with Gasteiger partial charge < -0.3 is 14.8 Å². The SMILES string of the molecule is CC(C)C(COC(c1ccccc1)(c1ccccc1)c1ccccc1)NC(=O)OCC1c2ccccc2-c2ccccc21. The second-order valence-corrected chi connectivity index (χ2v) is 11.4. The highest BCUT2D eigenvalue weighted by Gasteiger charge is 2.38. The van der Waals surface area contributed by atoms with Crippen LogP contribution in [0.15, 0.2) is 140 Å². The molecule has 1 aliphatic carbocycles. The maximum Gasteiger partial charge on any atom is 0.407 e. The van der Waals surface area contributed by atoms with E-state index in [9.17, 15) is 4.79 Å². The van der Waals surface area contributed by atoms with Crippen molar-refractivity contribution in [3.05, 3.63) is 167 Å². The summed E-state index contributed by atoms with van der Waals surface area (Å²) in [6.07, 6.45) is -0.436. The molecule has 0 aromatic heterocycles. The fourth-order valence-electron chi connectivity index (χ4n) is 6.18. The molecule has 0 fully saturated rings. The molecule has 4 nitrogen and oxygen atoms in total. The van der Waals surface area contributed by atoms with Gasteiger partial charge >= 0.3 is 6.09 Å². The Hall–Kier alpha value is -4.67. The minimum absolute atomic E-state index is 0.00814. The monoisotopic (exact) mass is 567 g/mol. The van der Waals surface area contributed by atoms with Crippen molar-refractivity contribution in [1.82, 2.24) is 5.32 Å². The molecule has 0 bridgehead atoms. The predicted octanol–water partition coefficient (Wildman–Crippen LogP) is 8.56. The molecule has 1 unspecified atom stereocenters. The number of amides is 1. The number of hydrogen-bond donors (Lipinski definition) is 1. The highest BCUT2D eigenvalue weighted by Crippen LogP contribution is 2.44. The zero-order valence-corrected chi connectivity index (χ0v) is 24.7. The van der Waals surface area contributed by atoms with Crippen LogP contribution in [0.3, 0.4) is 0 Å². The van der Waals surface area contributed by atoms with Gasteiger partial charge in [0, 0.05) is 5.92 Å². The third-order valence-electron chi connectivity index (χ3n) is 8.47. The van der Waals surface area contributed by atoms with Crippen LogP contribution >= 0.6 is 0 Å². The molecule has 216 valence electrons. The molecule has 5 aromatic rings. The van der Waals surface area contributed by atoms with E-state index in [0.29, 0.717) is 6.61 Å². The molecule has 0 radical (unpaired) electrons. The summed E-state index contributed by atoms with van der Waals surface area (Å²) < 4.78 is 12.9. The van der Waals surface area contributed by atoms with Crippen LogP contribution in [0.1, 0.15) is 47.6 Å². The molecule has 0 heterocycles. The first-order valence-corrected chi connectivity index (χ1v) is 15.0. The van der Waals surface area contributed by atoms with E-state index in [4.69, 9.17) is 9.47 Å². The van der Waals surface area contributed by atoms with E-state index in [2.05, 4.69) is 92.0 Å². The Kier molecular flexibility index (Phi) is 8.39. The molecule has 5 aromatic carbocycles. The summed E-state index contributed by atoms with van der Waals surface area (Å²) in [4.78, 5) is 13.3. The molecule has 0 saturated carbocycles. The Morgan fingerprint density at radius 1 is 0.651 bits per heavy atom. The highest BCUT2D eigenvalue weighted by molar-refractivity contribution is 5.79. The average molecular weight is 568 g/mol. The Labute approximate surface area is 254 Å². The van der Waals surface area contributed by atoms with Gasteiger partial charge in [0.05, 0.1) is 12.6 Å². The molecule has 1 aliphatic rings. The van der Waals surface area contributed by atoms with Crippen molar-refractivity contribution in [3.8, 4) is 11.1 Å². The van der Waals surface area contributed by atoms with Crippen molar-refractivity contribution in [2.75, 3.05) is 13.2 Å². The van der Waals surface area contributed by atoms with E-state index in [1.165, 1.54) is 22.3 Å². The first-order chi connectivity index (χ1) is 21.1. The van der Waals surface area contributed by atoms with Gasteiger partial charge in [-0.05, 0) is 44.9 Å². The van der Waals surface area contributed by atoms with Crippen LogP contribution in [-0.2, 0) is 15.1 Å². The molecule has 0 spiro atoms. The molecule has 6 rings (SSSR count). The second-order valence-electron chi connectivity index (χ2n) is 11.4. The molecule has 0 saturated heterocycles. The van der Waals surface area contributed by atoms with Gasteiger partial charge in [0.2, 0.25) is 0 Å². The van der Waals surface area contributed by atoms with Crippen molar-refractivity contribution < 1.29 is 14.3 Å². The van der Waals surface area contributed by atoms with E-state index < -0.39 is 11.7 Å². The summed E-state index contributed by atoms with van der Waals surface area (Å²) in [6, 6.07) is 47.3. The van der Waals surface area contributed by atoms with Crippen LogP contribution in [0.5, 0.6) is 0 Å². The molecule has 1 amide bonds. The number of ether oxygens (including phenoxy) is 2. The predicted molar refractivity (Wildman–Crippen MR) is 172 cm³/mol. The summed E-state index contributed by atoms with van der Waals surface area (Å²) in [5, 5.41) is 3.13. The second kappa shape index (κ2) is 12.7. The molecule has 1 N–H and O–H groups in total. The Bertz CT molecular complexity index is 1510. The standard InChI is InChI=1S/C39H37NO3/c1-28(2)37(40-38(41)42-26-36-34-24-14-12-22-32(34)33-23-13-15-25-35(33)36)27-43-39(29-16-6-3-7-17-29,30-18-8-4-9-19-30)31-20-10-5-11-21-31/h3-25,28,36-37H,26-27H2,1-2H3,(H,40,41). The third-order valence-corrected chi connectivity index (χ3v) is 8.47. The number of hydrogen-bond acceptors (Lipinski definition) is 3. The Morgan fingerprint density at radius 2 is 1.07 bits per heavy atom. The van der Waals surface area contributed by atoms with Crippen molar-refractivity contribution >= 4 is 6.09 Å². The van der Waals surface area contributed by atoms with Crippen LogP contribution in [0.2, 0.25) is 0 Å². The summed E-state index contributed by atoms with van der Waals surface area (Å²) in [5.74, 6) is 0.120. The molecular formula is C39H37NO3. The largest absolute Gasteiger partial charge is 0.449 e. The summed E-state index contributed by atoms with van der Waals surface area (Å²) in [5.41, 5.74) is 7.01. The number of carbonyl (C=O) groups is 1. The molecular weight excluding hydrogens is 530 g/mol. The lowest BCUT2D eigenvalue weighted by Crippen LogP contribution is -2.45. The minimum Gasteiger partial charge on any atom is -0.449 e. The first kappa shape index (κ1) is 28.4. The van der Waals surface area contributed by atoms with Gasteiger partial charge in [0.1, 0.15) is 12.2 Å². The van der Waals surface area contributed by atoms with E-state index in [1.54, 1.807) is 0 Å². The van der Waals surface area contributed by atoms with Crippen LogP contribution < -0.4 is 5.32 Å². The lowest BCUT2D eigenvalue weighted by Gasteiger charge is -2.37. The fourth-order valence-corrected chi connectivity index (χ4v) is 6.18. The molecule has 4 heteroatoms. The average Bonchev–Trinajstić information content (AvgIpc) is 3.38. The number of rotatable bonds is 10. The number of alkyl carbamates (subject to hydrolysis) is 1. The third kappa shape index (κ3) is 5.71. The van der Waals surface area contributed by atoms with E-state index in [0.717, 1.165) is 16.7 Å². The summed E-state index contributed by atoms with van der Waals surface area (Å²) in [7, 11) is 0.